The number of ether oxygens (including phenoxy) is 1. The number of hydrazine groups is 1. The number of nitrogens with two attached hydrogens (primary N) is 1. The Bertz CT molecular complexity index is 310. The number of anilines is 1. The van der Waals surface area contributed by atoms with Crippen LogP contribution in [-0.2, 0) is 0 Å². The van der Waals surface area contributed by atoms with Crippen molar-refractivity contribution in [2.24, 2.45) is 11.8 Å². The van der Waals surface area contributed by atoms with Gasteiger partial charge in [-0.05, 0) is 18.6 Å². The summed E-state index contributed by atoms with van der Waals surface area (Å²) in [4.78, 5) is 8.38. The smallest absolute Gasteiger partial charge is 0.219 e. The normalized spacial score (nSPS) is 10.6. The summed E-state index contributed by atoms with van der Waals surface area (Å²) in [7, 11) is 0. The number of hydrogen-bond donors (Lipinski definition) is 2. The highest BCUT2D eigenvalue weighted by Crippen LogP contribution is 2.18. The number of thioether (sulfide) groups is 1. The third-order valence-electron chi connectivity index (χ3n) is 1.96. The SMILES string of the molecule is CSc1nc(NN)cc(OCCC(C)C)n1. The molecule has 0 spiro atoms. The van der Waals surface area contributed by atoms with Crippen molar-refractivity contribution < 1.29 is 4.74 Å². The van der Waals surface area contributed by atoms with E-state index in [1.165, 1.54) is 11.8 Å². The van der Waals surface area contributed by atoms with Crippen molar-refractivity contribution in [1.29, 1.82) is 0 Å². The fraction of sp³-hybridized carbons (Fsp3) is 0.600. The van der Waals surface area contributed by atoms with Gasteiger partial charge in [0.25, 0.3) is 0 Å². The molecule has 3 N–H and O–H groups in total. The lowest BCUT2D eigenvalue weighted by atomic mass is 10.1. The van der Waals surface area contributed by atoms with Gasteiger partial charge in [0.15, 0.2) is 5.16 Å². The van der Waals surface area contributed by atoms with Crippen LogP contribution in [0.5, 0.6) is 5.88 Å². The molecule has 6 heteroatoms. The molecule has 0 bridgehead atoms. The average Bonchev–Trinajstić information content (AvgIpc) is 2.28. The van der Waals surface area contributed by atoms with Gasteiger partial charge in [-0.1, -0.05) is 25.6 Å². The highest BCUT2D eigenvalue weighted by Gasteiger charge is 2.04. The Morgan fingerprint density at radius 1 is 1.50 bits per heavy atom. The third kappa shape index (κ3) is 4.24. The van der Waals surface area contributed by atoms with E-state index < -0.39 is 0 Å². The zero-order chi connectivity index (χ0) is 12.0. The van der Waals surface area contributed by atoms with Gasteiger partial charge in [0.1, 0.15) is 5.82 Å². The fourth-order valence-electron chi connectivity index (χ4n) is 1.04. The Balaban J connectivity index is 2.64. The maximum atomic E-state index is 5.54. The van der Waals surface area contributed by atoms with Crippen molar-refractivity contribution in [3.8, 4) is 5.88 Å². The molecule has 1 aromatic heterocycles. The first-order chi connectivity index (χ1) is 7.65. The molecule has 1 aromatic rings. The van der Waals surface area contributed by atoms with Crippen LogP contribution in [0, 0.1) is 5.92 Å². The number of rotatable bonds is 6. The summed E-state index contributed by atoms with van der Waals surface area (Å²) in [5, 5.41) is 0.648. The van der Waals surface area contributed by atoms with E-state index in [2.05, 4.69) is 29.2 Å². The predicted octanol–water partition coefficient (Wildman–Crippen LogP) is 1.91. The van der Waals surface area contributed by atoms with Gasteiger partial charge < -0.3 is 10.2 Å². The van der Waals surface area contributed by atoms with Gasteiger partial charge >= 0.3 is 0 Å². The van der Waals surface area contributed by atoms with E-state index >= 15 is 0 Å². The first kappa shape index (κ1) is 13.1. The van der Waals surface area contributed by atoms with Crippen LogP contribution < -0.4 is 16.0 Å². The van der Waals surface area contributed by atoms with Gasteiger partial charge in [-0.2, -0.15) is 4.98 Å². The largest absolute Gasteiger partial charge is 0.477 e. The Morgan fingerprint density at radius 2 is 2.25 bits per heavy atom. The number of nitrogens with zero attached hydrogens (tertiary/aromatic N) is 2. The van der Waals surface area contributed by atoms with E-state index in [0.717, 1.165) is 6.42 Å². The fourth-order valence-corrected chi connectivity index (χ4v) is 1.41. The molecule has 0 amide bonds. The summed E-state index contributed by atoms with van der Waals surface area (Å²) in [5.74, 6) is 7.06. The molecule has 90 valence electrons. The van der Waals surface area contributed by atoms with Crippen LogP contribution >= 0.6 is 11.8 Å². The zero-order valence-electron chi connectivity index (χ0n) is 9.86. The van der Waals surface area contributed by atoms with Gasteiger partial charge in [0.2, 0.25) is 5.88 Å². The minimum Gasteiger partial charge on any atom is -0.477 e. The van der Waals surface area contributed by atoms with Gasteiger partial charge in [0, 0.05) is 6.07 Å². The lowest BCUT2D eigenvalue weighted by molar-refractivity contribution is 0.277. The van der Waals surface area contributed by atoms with Crippen LogP contribution in [0.3, 0.4) is 0 Å². The van der Waals surface area contributed by atoms with Crippen LogP contribution in [0.4, 0.5) is 5.82 Å². The van der Waals surface area contributed by atoms with Gasteiger partial charge in [-0.25, -0.2) is 10.8 Å². The summed E-state index contributed by atoms with van der Waals surface area (Å²) in [6.07, 6.45) is 2.91. The summed E-state index contributed by atoms with van der Waals surface area (Å²) in [6.45, 7) is 4.97. The topological polar surface area (TPSA) is 73.1 Å². The molecule has 0 aliphatic rings. The molecule has 0 atom stereocenters. The molecule has 0 radical (unpaired) electrons. The summed E-state index contributed by atoms with van der Waals surface area (Å²) < 4.78 is 5.54. The summed E-state index contributed by atoms with van der Waals surface area (Å²) in [6, 6.07) is 1.69. The van der Waals surface area contributed by atoms with Crippen molar-refractivity contribution in [2.45, 2.75) is 25.4 Å². The van der Waals surface area contributed by atoms with Gasteiger partial charge in [0.05, 0.1) is 6.61 Å². The Kier molecular flexibility index (Phi) is 5.34. The van der Waals surface area contributed by atoms with Crippen LogP contribution in [0.1, 0.15) is 20.3 Å². The van der Waals surface area contributed by atoms with E-state index in [0.29, 0.717) is 29.4 Å². The van der Waals surface area contributed by atoms with E-state index in [4.69, 9.17) is 10.6 Å². The second-order valence-corrected chi connectivity index (χ2v) is 4.53. The average molecular weight is 242 g/mol. The summed E-state index contributed by atoms with van der Waals surface area (Å²) >= 11 is 1.45. The van der Waals surface area contributed by atoms with Crippen molar-refractivity contribution in [3.05, 3.63) is 6.07 Å². The van der Waals surface area contributed by atoms with Crippen LogP contribution in [0.15, 0.2) is 11.2 Å². The molecule has 0 saturated carbocycles. The molecule has 0 unspecified atom stereocenters. The predicted molar refractivity (Wildman–Crippen MR) is 66.6 cm³/mol. The standard InChI is InChI=1S/C10H18N4OS/c1-7(2)4-5-15-9-6-8(14-11)12-10(13-9)16-3/h6-7H,4-5,11H2,1-3H3,(H,12,13,14). The number of aromatic nitrogens is 2. The molecular weight excluding hydrogens is 224 g/mol. The van der Waals surface area contributed by atoms with E-state index in [-0.39, 0.29) is 0 Å². The van der Waals surface area contributed by atoms with Crippen molar-refractivity contribution in [1.82, 2.24) is 9.97 Å². The molecule has 5 nitrogen and oxygen atoms in total. The maximum absolute atomic E-state index is 5.54. The molecule has 0 aliphatic carbocycles. The Hall–Kier alpha value is -1.01. The number of nitrogen functional groups attached to an aromatic ring is 1. The van der Waals surface area contributed by atoms with Crippen LogP contribution in [0.2, 0.25) is 0 Å². The molecule has 1 rings (SSSR count). The second-order valence-electron chi connectivity index (χ2n) is 3.75. The second kappa shape index (κ2) is 6.55. The monoisotopic (exact) mass is 242 g/mol. The Morgan fingerprint density at radius 3 is 2.81 bits per heavy atom. The first-order valence-corrected chi connectivity index (χ1v) is 6.40. The zero-order valence-corrected chi connectivity index (χ0v) is 10.7. The van der Waals surface area contributed by atoms with E-state index in [9.17, 15) is 0 Å². The van der Waals surface area contributed by atoms with Crippen molar-refractivity contribution in [2.75, 3.05) is 18.3 Å². The molecule has 0 aromatic carbocycles. The highest BCUT2D eigenvalue weighted by molar-refractivity contribution is 7.98. The minimum absolute atomic E-state index is 0.563. The third-order valence-corrected chi connectivity index (χ3v) is 2.51. The lowest BCUT2D eigenvalue weighted by Gasteiger charge is -2.09. The maximum Gasteiger partial charge on any atom is 0.219 e. The van der Waals surface area contributed by atoms with Gasteiger partial charge in [-0.3, -0.25) is 0 Å². The first-order valence-electron chi connectivity index (χ1n) is 5.18. The summed E-state index contributed by atoms with van der Waals surface area (Å²) in [5.41, 5.74) is 2.50. The van der Waals surface area contributed by atoms with Gasteiger partial charge in [-0.15, -0.1) is 0 Å². The van der Waals surface area contributed by atoms with Crippen molar-refractivity contribution >= 4 is 17.6 Å². The molecule has 1 heterocycles. The molecular formula is C10H18N4OS. The quantitative estimate of drug-likeness (QED) is 0.343. The van der Waals surface area contributed by atoms with Crippen LogP contribution in [-0.4, -0.2) is 22.8 Å². The molecule has 0 aliphatic heterocycles. The van der Waals surface area contributed by atoms with Crippen LogP contribution in [0.25, 0.3) is 0 Å². The molecule has 0 fully saturated rings. The lowest BCUT2D eigenvalue weighted by Crippen LogP contribution is -2.10. The van der Waals surface area contributed by atoms with E-state index in [1.54, 1.807) is 6.07 Å². The number of nitrogens with one attached hydrogen (secondary N) is 1. The number of hydrogen-bond acceptors (Lipinski definition) is 6. The minimum atomic E-state index is 0.563. The van der Waals surface area contributed by atoms with E-state index in [1.807, 2.05) is 6.26 Å². The molecule has 16 heavy (non-hydrogen) atoms. The van der Waals surface area contributed by atoms with Crippen molar-refractivity contribution in [3.63, 3.8) is 0 Å². The Labute approximate surface area is 100 Å². The molecule has 0 saturated heterocycles. The highest BCUT2D eigenvalue weighted by atomic mass is 32.2.